The van der Waals surface area contributed by atoms with Crippen molar-refractivity contribution in [1.29, 1.82) is 0 Å². The second-order valence-electron chi connectivity index (χ2n) is 5.27. The first-order chi connectivity index (χ1) is 8.99. The molecule has 1 aromatic carbocycles. The third kappa shape index (κ3) is 3.29. The zero-order chi connectivity index (χ0) is 14.0. The Hall–Kier alpha value is -1.04. The molecule has 0 saturated carbocycles. The van der Waals surface area contributed by atoms with E-state index in [2.05, 4.69) is 4.90 Å². The SMILES string of the molecule is CN1CCCN(C)C(C(O)c2cc(F)ccc2F)C1. The van der Waals surface area contributed by atoms with E-state index in [9.17, 15) is 13.9 Å². The minimum Gasteiger partial charge on any atom is -0.387 e. The summed E-state index contributed by atoms with van der Waals surface area (Å²) in [7, 11) is 3.88. The Morgan fingerprint density at radius 1 is 1.26 bits per heavy atom. The van der Waals surface area contributed by atoms with Crippen molar-refractivity contribution in [3.63, 3.8) is 0 Å². The van der Waals surface area contributed by atoms with Gasteiger partial charge < -0.3 is 10.0 Å². The first-order valence-electron chi connectivity index (χ1n) is 6.51. The molecule has 0 aromatic heterocycles. The molecule has 1 N–H and O–H groups in total. The highest BCUT2D eigenvalue weighted by molar-refractivity contribution is 5.22. The molecule has 0 aliphatic carbocycles. The Bertz CT molecular complexity index is 441. The van der Waals surface area contributed by atoms with E-state index in [0.29, 0.717) is 6.54 Å². The van der Waals surface area contributed by atoms with Crippen molar-refractivity contribution >= 4 is 0 Å². The number of halogens is 2. The molecule has 0 bridgehead atoms. The summed E-state index contributed by atoms with van der Waals surface area (Å²) in [4.78, 5) is 4.12. The second kappa shape index (κ2) is 5.94. The van der Waals surface area contributed by atoms with E-state index in [0.717, 1.165) is 37.7 Å². The van der Waals surface area contributed by atoms with E-state index < -0.39 is 17.7 Å². The first-order valence-corrected chi connectivity index (χ1v) is 6.51. The zero-order valence-electron chi connectivity index (χ0n) is 11.3. The van der Waals surface area contributed by atoms with Crippen molar-refractivity contribution in [2.75, 3.05) is 33.7 Å². The summed E-state index contributed by atoms with van der Waals surface area (Å²) in [5.74, 6) is -1.09. The van der Waals surface area contributed by atoms with Gasteiger partial charge in [-0.2, -0.15) is 0 Å². The lowest BCUT2D eigenvalue weighted by Gasteiger charge is -2.31. The van der Waals surface area contributed by atoms with E-state index in [4.69, 9.17) is 0 Å². The van der Waals surface area contributed by atoms with E-state index in [1.54, 1.807) is 0 Å². The maximum absolute atomic E-state index is 13.7. The Kier molecular flexibility index (Phi) is 4.50. The maximum atomic E-state index is 13.7. The van der Waals surface area contributed by atoms with Gasteiger partial charge in [0.2, 0.25) is 0 Å². The van der Waals surface area contributed by atoms with Crippen molar-refractivity contribution < 1.29 is 13.9 Å². The van der Waals surface area contributed by atoms with Crippen LogP contribution in [0, 0.1) is 11.6 Å². The van der Waals surface area contributed by atoms with E-state index in [1.165, 1.54) is 0 Å². The number of nitrogens with zero attached hydrogens (tertiary/aromatic N) is 2. The normalized spacial score (nSPS) is 24.2. The molecule has 2 atom stereocenters. The molecule has 5 heteroatoms. The Morgan fingerprint density at radius 2 is 2.00 bits per heavy atom. The first kappa shape index (κ1) is 14.4. The fourth-order valence-corrected chi connectivity index (χ4v) is 2.60. The molecule has 3 nitrogen and oxygen atoms in total. The molecule has 0 radical (unpaired) electrons. The van der Waals surface area contributed by atoms with Gasteiger partial charge in [0.05, 0.1) is 12.1 Å². The highest BCUT2D eigenvalue weighted by atomic mass is 19.1. The van der Waals surface area contributed by atoms with E-state index in [-0.39, 0.29) is 11.6 Å². The summed E-state index contributed by atoms with van der Waals surface area (Å²) in [6, 6.07) is 2.98. The second-order valence-corrected chi connectivity index (χ2v) is 5.27. The van der Waals surface area contributed by atoms with Crippen LogP contribution in [0.25, 0.3) is 0 Å². The summed E-state index contributed by atoms with van der Waals surface area (Å²) in [5, 5.41) is 10.4. The summed E-state index contributed by atoms with van der Waals surface area (Å²) < 4.78 is 27.0. The molecule has 1 heterocycles. The van der Waals surface area contributed by atoms with Gasteiger partial charge in [0, 0.05) is 12.1 Å². The molecule has 1 aliphatic heterocycles. The van der Waals surface area contributed by atoms with Crippen molar-refractivity contribution in [1.82, 2.24) is 9.80 Å². The number of aliphatic hydroxyl groups excluding tert-OH is 1. The number of hydrogen-bond donors (Lipinski definition) is 1. The summed E-state index contributed by atoms with van der Waals surface area (Å²) >= 11 is 0. The predicted octanol–water partition coefficient (Wildman–Crippen LogP) is 1.63. The number of benzene rings is 1. The Labute approximate surface area is 112 Å². The Balaban J connectivity index is 2.25. The predicted molar refractivity (Wildman–Crippen MR) is 69.8 cm³/mol. The lowest BCUT2D eigenvalue weighted by atomic mass is 10.00. The molecule has 0 amide bonds. The number of aliphatic hydroxyl groups is 1. The van der Waals surface area contributed by atoms with Crippen LogP contribution in [0.1, 0.15) is 18.1 Å². The van der Waals surface area contributed by atoms with Crippen LogP contribution in [0.5, 0.6) is 0 Å². The van der Waals surface area contributed by atoms with Crippen molar-refractivity contribution in [3.8, 4) is 0 Å². The van der Waals surface area contributed by atoms with Crippen LogP contribution in [0.4, 0.5) is 8.78 Å². The van der Waals surface area contributed by atoms with Crippen molar-refractivity contribution in [2.45, 2.75) is 18.6 Å². The van der Waals surface area contributed by atoms with Crippen LogP contribution in [0.15, 0.2) is 18.2 Å². The smallest absolute Gasteiger partial charge is 0.129 e. The monoisotopic (exact) mass is 270 g/mol. The molecule has 19 heavy (non-hydrogen) atoms. The number of rotatable bonds is 2. The maximum Gasteiger partial charge on any atom is 0.129 e. The molecular formula is C14H20F2N2O. The highest BCUT2D eigenvalue weighted by Crippen LogP contribution is 2.25. The highest BCUT2D eigenvalue weighted by Gasteiger charge is 2.30. The van der Waals surface area contributed by atoms with Gasteiger partial charge in [-0.3, -0.25) is 4.90 Å². The minimum atomic E-state index is -1.03. The fraction of sp³-hybridized carbons (Fsp3) is 0.571. The van der Waals surface area contributed by atoms with Gasteiger partial charge in [0.15, 0.2) is 0 Å². The molecule has 106 valence electrons. The van der Waals surface area contributed by atoms with Gasteiger partial charge in [-0.1, -0.05) is 0 Å². The van der Waals surface area contributed by atoms with Crippen LogP contribution in [-0.2, 0) is 0 Å². The minimum absolute atomic E-state index is 0.0344. The lowest BCUT2D eigenvalue weighted by molar-refractivity contribution is 0.0545. The largest absolute Gasteiger partial charge is 0.387 e. The quantitative estimate of drug-likeness (QED) is 0.885. The molecule has 1 fully saturated rings. The van der Waals surface area contributed by atoms with Gasteiger partial charge in [0.25, 0.3) is 0 Å². The average Bonchev–Trinajstić information content (AvgIpc) is 2.53. The molecule has 2 unspecified atom stereocenters. The van der Waals surface area contributed by atoms with E-state index in [1.807, 2.05) is 19.0 Å². The number of likely N-dealkylation sites (N-methyl/N-ethyl adjacent to an activating group) is 2. The fourth-order valence-electron chi connectivity index (χ4n) is 2.60. The summed E-state index contributed by atoms with van der Waals surface area (Å²) in [6.07, 6.45) is -0.0248. The third-order valence-electron chi connectivity index (χ3n) is 3.76. The number of hydrogen-bond acceptors (Lipinski definition) is 3. The van der Waals surface area contributed by atoms with Gasteiger partial charge >= 0.3 is 0 Å². The zero-order valence-corrected chi connectivity index (χ0v) is 11.3. The van der Waals surface area contributed by atoms with Crippen molar-refractivity contribution in [2.24, 2.45) is 0 Å². The van der Waals surface area contributed by atoms with Gasteiger partial charge in [0.1, 0.15) is 11.6 Å². The summed E-state index contributed by atoms with van der Waals surface area (Å²) in [5.41, 5.74) is 0.0344. The van der Waals surface area contributed by atoms with Crippen LogP contribution in [0.2, 0.25) is 0 Å². The van der Waals surface area contributed by atoms with Gasteiger partial charge in [-0.05, 0) is 51.8 Å². The molecule has 0 spiro atoms. The lowest BCUT2D eigenvalue weighted by Crippen LogP contribution is -2.42. The van der Waals surface area contributed by atoms with Crippen LogP contribution >= 0.6 is 0 Å². The molecule has 2 rings (SSSR count). The van der Waals surface area contributed by atoms with Crippen LogP contribution in [-0.4, -0.2) is 54.7 Å². The van der Waals surface area contributed by atoms with Crippen LogP contribution in [0.3, 0.4) is 0 Å². The van der Waals surface area contributed by atoms with Gasteiger partial charge in [-0.25, -0.2) is 8.78 Å². The molecular weight excluding hydrogens is 250 g/mol. The third-order valence-corrected chi connectivity index (χ3v) is 3.76. The summed E-state index contributed by atoms with van der Waals surface area (Å²) in [6.45, 7) is 2.41. The van der Waals surface area contributed by atoms with E-state index >= 15 is 0 Å². The Morgan fingerprint density at radius 3 is 2.74 bits per heavy atom. The topological polar surface area (TPSA) is 26.7 Å². The standard InChI is InChI=1S/C14H20F2N2O/c1-17-6-3-7-18(2)13(9-17)14(19)11-8-10(15)4-5-12(11)16/h4-5,8,13-14,19H,3,6-7,9H2,1-2H3. The molecule has 1 aromatic rings. The average molecular weight is 270 g/mol. The van der Waals surface area contributed by atoms with Gasteiger partial charge in [-0.15, -0.1) is 0 Å². The van der Waals surface area contributed by atoms with Crippen LogP contribution < -0.4 is 0 Å². The molecule has 1 aliphatic rings. The molecule has 1 saturated heterocycles. The van der Waals surface area contributed by atoms with Crippen molar-refractivity contribution in [3.05, 3.63) is 35.4 Å².